The molecule has 1 saturated heterocycles. The fourth-order valence-corrected chi connectivity index (χ4v) is 5.49. The van der Waals surface area contributed by atoms with Crippen molar-refractivity contribution >= 4 is 5.91 Å². The largest absolute Gasteiger partial charge is 0.353 e. The maximum atomic E-state index is 13.8. The molecule has 0 unspecified atom stereocenters. The molecule has 1 amide bonds. The number of rotatable bonds is 6. The maximum Gasteiger partial charge on any atom is 0.234 e. The highest BCUT2D eigenvalue weighted by molar-refractivity contribution is 5.91. The van der Waals surface area contributed by atoms with E-state index in [1.165, 1.54) is 32.1 Å². The zero-order chi connectivity index (χ0) is 21.7. The number of carbonyl (C=O) groups excluding carboxylic acids is 1. The quantitative estimate of drug-likeness (QED) is 0.767. The average molecular weight is 420 g/mol. The fourth-order valence-electron chi connectivity index (χ4n) is 5.49. The first-order chi connectivity index (χ1) is 15.0. The summed E-state index contributed by atoms with van der Waals surface area (Å²) in [6.07, 6.45) is 6.21. The van der Waals surface area contributed by atoms with Crippen molar-refractivity contribution in [3.05, 3.63) is 71.8 Å². The van der Waals surface area contributed by atoms with E-state index in [-0.39, 0.29) is 11.4 Å². The molecule has 1 aliphatic carbocycles. The van der Waals surface area contributed by atoms with Crippen LogP contribution in [0.1, 0.15) is 50.2 Å². The Bertz CT molecular complexity index is 798. The van der Waals surface area contributed by atoms with Crippen LogP contribution in [0.3, 0.4) is 0 Å². The molecule has 1 aliphatic heterocycles. The summed E-state index contributed by atoms with van der Waals surface area (Å²) < 4.78 is 0. The third-order valence-corrected chi connectivity index (χ3v) is 7.69. The van der Waals surface area contributed by atoms with Gasteiger partial charge in [-0.2, -0.15) is 0 Å². The second kappa shape index (κ2) is 9.54. The van der Waals surface area contributed by atoms with E-state index in [2.05, 4.69) is 53.4 Å². The molecule has 4 heteroatoms. The number of amides is 1. The van der Waals surface area contributed by atoms with Gasteiger partial charge < -0.3 is 10.2 Å². The van der Waals surface area contributed by atoms with Gasteiger partial charge in [0, 0.05) is 38.3 Å². The van der Waals surface area contributed by atoms with Crippen molar-refractivity contribution in [2.75, 3.05) is 39.8 Å². The van der Waals surface area contributed by atoms with Gasteiger partial charge in [-0.1, -0.05) is 79.9 Å². The predicted octanol–water partition coefficient (Wildman–Crippen LogP) is 4.06. The summed E-state index contributed by atoms with van der Waals surface area (Å²) in [5.41, 5.74) is 1.47. The molecule has 2 aromatic carbocycles. The first-order valence-corrected chi connectivity index (χ1v) is 11.9. The van der Waals surface area contributed by atoms with E-state index in [0.717, 1.165) is 43.9 Å². The number of benzene rings is 2. The van der Waals surface area contributed by atoms with Crippen LogP contribution in [-0.4, -0.2) is 61.0 Å². The van der Waals surface area contributed by atoms with Gasteiger partial charge in [0.1, 0.15) is 0 Å². The fraction of sp³-hybridized carbons (Fsp3) is 0.519. The molecular weight excluding hydrogens is 382 g/mol. The summed E-state index contributed by atoms with van der Waals surface area (Å²) in [7, 11) is 2.21. The Labute approximate surface area is 187 Å². The molecule has 1 heterocycles. The molecule has 2 aromatic rings. The highest BCUT2D eigenvalue weighted by Gasteiger charge is 2.42. The number of hydrogen-bond acceptors (Lipinski definition) is 3. The molecule has 31 heavy (non-hydrogen) atoms. The van der Waals surface area contributed by atoms with Crippen LogP contribution in [0.25, 0.3) is 0 Å². The lowest BCUT2D eigenvalue weighted by molar-refractivity contribution is -0.126. The van der Waals surface area contributed by atoms with Gasteiger partial charge in [0.15, 0.2) is 0 Å². The number of hydrogen-bond donors (Lipinski definition) is 1. The van der Waals surface area contributed by atoms with Crippen molar-refractivity contribution in [2.45, 2.75) is 50.0 Å². The molecule has 0 bridgehead atoms. The van der Waals surface area contributed by atoms with E-state index in [1.54, 1.807) is 0 Å². The molecule has 1 saturated carbocycles. The molecule has 4 rings (SSSR count). The lowest BCUT2D eigenvalue weighted by Gasteiger charge is -2.50. The Kier molecular flexibility index (Phi) is 6.78. The van der Waals surface area contributed by atoms with E-state index in [0.29, 0.717) is 0 Å². The van der Waals surface area contributed by atoms with E-state index in [1.807, 2.05) is 36.4 Å². The number of nitrogens with zero attached hydrogens (tertiary/aromatic N) is 2. The molecular formula is C27H37N3O. The van der Waals surface area contributed by atoms with Gasteiger partial charge >= 0.3 is 0 Å². The molecule has 0 radical (unpaired) electrons. The Morgan fingerprint density at radius 2 is 1.39 bits per heavy atom. The van der Waals surface area contributed by atoms with Crippen molar-refractivity contribution in [1.29, 1.82) is 0 Å². The summed E-state index contributed by atoms with van der Waals surface area (Å²) >= 11 is 0. The maximum absolute atomic E-state index is 13.8. The Hall–Kier alpha value is -2.17. The summed E-state index contributed by atoms with van der Waals surface area (Å²) in [5, 5.41) is 3.45. The Balaban J connectivity index is 1.58. The first kappa shape index (κ1) is 22.0. The van der Waals surface area contributed by atoms with Gasteiger partial charge in [-0.15, -0.1) is 0 Å². The zero-order valence-electron chi connectivity index (χ0n) is 19.1. The molecule has 2 fully saturated rings. The molecule has 166 valence electrons. The topological polar surface area (TPSA) is 35.6 Å². The van der Waals surface area contributed by atoms with E-state index >= 15 is 0 Å². The third kappa shape index (κ3) is 4.56. The highest BCUT2D eigenvalue weighted by atomic mass is 16.2. The smallest absolute Gasteiger partial charge is 0.234 e. The summed E-state index contributed by atoms with van der Waals surface area (Å²) in [6.45, 7) is 7.23. The molecule has 1 N–H and O–H groups in total. The molecule has 2 aliphatic rings. The molecule has 4 nitrogen and oxygen atoms in total. The van der Waals surface area contributed by atoms with Gasteiger partial charge in [-0.25, -0.2) is 0 Å². The minimum absolute atomic E-state index is 0.101. The van der Waals surface area contributed by atoms with Gasteiger partial charge in [-0.05, 0) is 37.9 Å². The highest BCUT2D eigenvalue weighted by Crippen LogP contribution is 2.36. The third-order valence-electron chi connectivity index (χ3n) is 7.69. The predicted molar refractivity (Wildman–Crippen MR) is 127 cm³/mol. The van der Waals surface area contributed by atoms with Crippen LogP contribution >= 0.6 is 0 Å². The van der Waals surface area contributed by atoms with Crippen LogP contribution in [0.2, 0.25) is 0 Å². The minimum Gasteiger partial charge on any atom is -0.353 e. The van der Waals surface area contributed by atoms with Crippen molar-refractivity contribution in [2.24, 2.45) is 0 Å². The molecule has 0 atom stereocenters. The van der Waals surface area contributed by atoms with E-state index in [4.69, 9.17) is 0 Å². The van der Waals surface area contributed by atoms with Gasteiger partial charge in [0.05, 0.1) is 5.41 Å². The lowest BCUT2D eigenvalue weighted by Crippen LogP contribution is -2.62. The molecule has 0 aromatic heterocycles. The van der Waals surface area contributed by atoms with Gasteiger partial charge in [-0.3, -0.25) is 9.69 Å². The summed E-state index contributed by atoms with van der Waals surface area (Å²) in [5.74, 6) is 0.101. The SMILES string of the molecule is CN1CCN(C2(CNC(=O)C(C)(c3ccccc3)c3ccccc3)CCCCC2)CC1. The lowest BCUT2D eigenvalue weighted by atomic mass is 9.74. The minimum atomic E-state index is -0.708. The van der Waals surface area contributed by atoms with Crippen LogP contribution in [0.5, 0.6) is 0 Å². The van der Waals surface area contributed by atoms with Crippen molar-refractivity contribution in [3.63, 3.8) is 0 Å². The number of nitrogens with one attached hydrogen (secondary N) is 1. The Morgan fingerprint density at radius 3 is 1.90 bits per heavy atom. The average Bonchev–Trinajstić information content (AvgIpc) is 2.84. The van der Waals surface area contributed by atoms with E-state index < -0.39 is 5.41 Å². The summed E-state index contributed by atoms with van der Waals surface area (Å²) in [6, 6.07) is 20.4. The van der Waals surface area contributed by atoms with Crippen LogP contribution < -0.4 is 5.32 Å². The van der Waals surface area contributed by atoms with Crippen molar-refractivity contribution in [3.8, 4) is 0 Å². The zero-order valence-corrected chi connectivity index (χ0v) is 19.1. The van der Waals surface area contributed by atoms with Crippen LogP contribution in [0, 0.1) is 0 Å². The normalized spacial score (nSPS) is 20.3. The summed E-state index contributed by atoms with van der Waals surface area (Å²) in [4.78, 5) is 18.9. The second-order valence-electron chi connectivity index (χ2n) is 9.62. The van der Waals surface area contributed by atoms with Gasteiger partial charge in [0.25, 0.3) is 0 Å². The number of piperazine rings is 1. The standard InChI is InChI=1S/C27H37N3O/c1-26(23-12-6-3-7-13-23,24-14-8-4-9-15-24)25(31)28-22-27(16-10-5-11-17-27)30-20-18-29(2)19-21-30/h3-4,6-9,12-15H,5,10-11,16-22H2,1-2H3,(H,28,31). The Morgan fingerprint density at radius 1 is 0.871 bits per heavy atom. The van der Waals surface area contributed by atoms with E-state index in [9.17, 15) is 4.79 Å². The number of likely N-dealkylation sites (N-methyl/N-ethyl adjacent to an activating group) is 1. The van der Waals surface area contributed by atoms with Crippen LogP contribution in [-0.2, 0) is 10.2 Å². The monoisotopic (exact) mass is 419 g/mol. The van der Waals surface area contributed by atoms with Gasteiger partial charge in [0.2, 0.25) is 5.91 Å². The van der Waals surface area contributed by atoms with Crippen molar-refractivity contribution < 1.29 is 4.79 Å². The van der Waals surface area contributed by atoms with Crippen LogP contribution in [0.15, 0.2) is 60.7 Å². The van der Waals surface area contributed by atoms with Crippen LogP contribution in [0.4, 0.5) is 0 Å². The molecule has 0 spiro atoms. The second-order valence-corrected chi connectivity index (χ2v) is 9.62. The first-order valence-electron chi connectivity index (χ1n) is 11.9. The number of carbonyl (C=O) groups is 1. The van der Waals surface area contributed by atoms with Crippen molar-refractivity contribution in [1.82, 2.24) is 15.1 Å².